The Balaban J connectivity index is 1.73. The van der Waals surface area contributed by atoms with Gasteiger partial charge in [0.25, 0.3) is 5.91 Å². The maximum atomic E-state index is 12.5. The predicted molar refractivity (Wildman–Crippen MR) is 108 cm³/mol. The van der Waals surface area contributed by atoms with Crippen molar-refractivity contribution in [2.24, 2.45) is 0 Å². The van der Waals surface area contributed by atoms with Crippen molar-refractivity contribution in [3.8, 4) is 0 Å². The van der Waals surface area contributed by atoms with Crippen LogP contribution >= 0.6 is 0 Å². The molecule has 27 heavy (non-hydrogen) atoms. The Kier molecular flexibility index (Phi) is 5.51. The third-order valence-corrected chi connectivity index (χ3v) is 6.68. The van der Waals surface area contributed by atoms with Crippen molar-refractivity contribution >= 4 is 27.1 Å². The monoisotopic (exact) mass is 387 g/mol. The molecule has 0 aliphatic carbocycles. The SMILES string of the molecule is CCN(c1ccc(C(=O)Nc2ccc(C)cc2C)nc1)C1CCS(=O)(=O)C1. The summed E-state index contributed by atoms with van der Waals surface area (Å²) in [7, 11) is -2.95. The average Bonchev–Trinajstić information content (AvgIpc) is 2.98. The number of carbonyl (C=O) groups excluding carboxylic acids is 1. The summed E-state index contributed by atoms with van der Waals surface area (Å²) in [6.07, 6.45) is 2.27. The number of aromatic nitrogens is 1. The van der Waals surface area contributed by atoms with E-state index in [1.165, 1.54) is 0 Å². The first-order chi connectivity index (χ1) is 12.8. The number of amides is 1. The second-order valence-electron chi connectivity index (χ2n) is 7.02. The van der Waals surface area contributed by atoms with Crippen molar-refractivity contribution in [1.82, 2.24) is 4.98 Å². The van der Waals surface area contributed by atoms with Crippen molar-refractivity contribution in [3.63, 3.8) is 0 Å². The van der Waals surface area contributed by atoms with E-state index in [1.807, 2.05) is 49.9 Å². The molecule has 2 heterocycles. The van der Waals surface area contributed by atoms with Crippen LogP contribution in [0, 0.1) is 13.8 Å². The molecule has 1 aliphatic rings. The van der Waals surface area contributed by atoms with Gasteiger partial charge in [-0.2, -0.15) is 0 Å². The molecule has 1 atom stereocenters. The predicted octanol–water partition coefficient (Wildman–Crippen LogP) is 2.96. The highest BCUT2D eigenvalue weighted by atomic mass is 32.2. The van der Waals surface area contributed by atoms with Crippen LogP contribution < -0.4 is 10.2 Å². The summed E-state index contributed by atoms with van der Waals surface area (Å²) in [4.78, 5) is 18.8. The number of nitrogens with one attached hydrogen (secondary N) is 1. The Morgan fingerprint density at radius 2 is 2.04 bits per heavy atom. The van der Waals surface area contributed by atoms with Gasteiger partial charge in [-0.15, -0.1) is 0 Å². The lowest BCUT2D eigenvalue weighted by molar-refractivity contribution is 0.102. The van der Waals surface area contributed by atoms with E-state index in [2.05, 4.69) is 10.3 Å². The lowest BCUT2D eigenvalue weighted by Crippen LogP contribution is -2.36. The van der Waals surface area contributed by atoms with Crippen LogP contribution in [-0.2, 0) is 9.84 Å². The van der Waals surface area contributed by atoms with Crippen LogP contribution in [0.4, 0.5) is 11.4 Å². The standard InChI is InChI=1S/C20H25N3O3S/c1-4-23(17-9-10-27(25,26)13-17)16-6-8-19(21-12-16)20(24)22-18-7-5-14(2)11-15(18)3/h5-8,11-12,17H,4,9-10,13H2,1-3H3,(H,22,24). The van der Waals surface area contributed by atoms with E-state index >= 15 is 0 Å². The highest BCUT2D eigenvalue weighted by molar-refractivity contribution is 7.91. The van der Waals surface area contributed by atoms with Crippen LogP contribution in [0.25, 0.3) is 0 Å². The molecule has 0 bridgehead atoms. The molecule has 0 radical (unpaired) electrons. The van der Waals surface area contributed by atoms with Gasteiger partial charge in [0.1, 0.15) is 5.69 Å². The number of hydrogen-bond donors (Lipinski definition) is 1. The maximum Gasteiger partial charge on any atom is 0.274 e. The number of sulfone groups is 1. The summed E-state index contributed by atoms with van der Waals surface area (Å²) >= 11 is 0. The van der Waals surface area contributed by atoms with Crippen LogP contribution in [0.5, 0.6) is 0 Å². The molecule has 1 aromatic heterocycles. The normalized spacial score (nSPS) is 18.3. The first-order valence-electron chi connectivity index (χ1n) is 9.11. The van der Waals surface area contributed by atoms with E-state index in [4.69, 9.17) is 0 Å². The van der Waals surface area contributed by atoms with Crippen molar-refractivity contribution < 1.29 is 13.2 Å². The zero-order chi connectivity index (χ0) is 19.6. The van der Waals surface area contributed by atoms with Gasteiger partial charge in [-0.05, 0) is 51.0 Å². The van der Waals surface area contributed by atoms with Gasteiger partial charge in [-0.1, -0.05) is 17.7 Å². The number of hydrogen-bond acceptors (Lipinski definition) is 5. The highest BCUT2D eigenvalue weighted by Crippen LogP contribution is 2.24. The summed E-state index contributed by atoms with van der Waals surface area (Å²) in [6.45, 7) is 6.64. The van der Waals surface area contributed by atoms with Crippen LogP contribution in [0.1, 0.15) is 35.0 Å². The van der Waals surface area contributed by atoms with Crippen molar-refractivity contribution in [2.75, 3.05) is 28.3 Å². The molecule has 144 valence electrons. The molecule has 7 heteroatoms. The minimum atomic E-state index is -2.95. The van der Waals surface area contributed by atoms with Crippen molar-refractivity contribution in [2.45, 2.75) is 33.2 Å². The number of rotatable bonds is 5. The fraction of sp³-hybridized carbons (Fsp3) is 0.400. The van der Waals surface area contributed by atoms with Gasteiger partial charge < -0.3 is 10.2 Å². The van der Waals surface area contributed by atoms with Gasteiger partial charge >= 0.3 is 0 Å². The van der Waals surface area contributed by atoms with Gasteiger partial charge in [-0.25, -0.2) is 13.4 Å². The molecular formula is C20H25N3O3S. The number of nitrogens with zero attached hydrogens (tertiary/aromatic N) is 2. The Labute approximate surface area is 160 Å². The molecule has 1 aromatic carbocycles. The lowest BCUT2D eigenvalue weighted by Gasteiger charge is -2.28. The third kappa shape index (κ3) is 4.47. The van der Waals surface area contributed by atoms with E-state index in [-0.39, 0.29) is 23.5 Å². The lowest BCUT2D eigenvalue weighted by atomic mass is 10.1. The molecule has 1 fully saturated rings. The summed E-state index contributed by atoms with van der Waals surface area (Å²) in [5.41, 5.74) is 4.07. The Bertz CT molecular complexity index is 939. The van der Waals surface area contributed by atoms with E-state index in [9.17, 15) is 13.2 Å². The summed E-state index contributed by atoms with van der Waals surface area (Å²) in [5, 5.41) is 2.89. The number of benzene rings is 1. The minimum absolute atomic E-state index is 0.0308. The molecule has 1 amide bonds. The average molecular weight is 388 g/mol. The molecule has 1 unspecified atom stereocenters. The zero-order valence-electron chi connectivity index (χ0n) is 15.9. The van der Waals surface area contributed by atoms with Crippen LogP contribution in [0.3, 0.4) is 0 Å². The fourth-order valence-electron chi connectivity index (χ4n) is 3.50. The molecular weight excluding hydrogens is 362 g/mol. The van der Waals surface area contributed by atoms with Crippen molar-refractivity contribution in [1.29, 1.82) is 0 Å². The Morgan fingerprint density at radius 3 is 2.59 bits per heavy atom. The maximum absolute atomic E-state index is 12.5. The van der Waals surface area contributed by atoms with E-state index in [0.29, 0.717) is 18.7 Å². The molecule has 1 saturated heterocycles. The smallest absolute Gasteiger partial charge is 0.274 e. The summed E-state index contributed by atoms with van der Waals surface area (Å²) < 4.78 is 23.5. The van der Waals surface area contributed by atoms with E-state index in [0.717, 1.165) is 22.5 Å². The van der Waals surface area contributed by atoms with Gasteiger partial charge in [0, 0.05) is 18.3 Å². The second-order valence-corrected chi connectivity index (χ2v) is 9.25. The highest BCUT2D eigenvalue weighted by Gasteiger charge is 2.32. The van der Waals surface area contributed by atoms with Crippen LogP contribution in [0.15, 0.2) is 36.5 Å². The summed E-state index contributed by atoms with van der Waals surface area (Å²) in [5.74, 6) is 0.147. The number of aryl methyl sites for hydroxylation is 2. The number of anilines is 2. The first kappa shape index (κ1) is 19.4. The topological polar surface area (TPSA) is 79.4 Å². The fourth-order valence-corrected chi connectivity index (χ4v) is 5.23. The van der Waals surface area contributed by atoms with Crippen molar-refractivity contribution in [3.05, 3.63) is 53.3 Å². The number of carbonyl (C=O) groups is 1. The molecule has 0 spiro atoms. The van der Waals surface area contributed by atoms with Gasteiger partial charge in [0.05, 0.1) is 23.4 Å². The minimum Gasteiger partial charge on any atom is -0.367 e. The molecule has 1 aliphatic heterocycles. The van der Waals surface area contributed by atoms with Crippen LogP contribution in [-0.4, -0.2) is 43.4 Å². The number of pyridine rings is 1. The van der Waals surface area contributed by atoms with E-state index in [1.54, 1.807) is 12.3 Å². The van der Waals surface area contributed by atoms with Crippen LogP contribution in [0.2, 0.25) is 0 Å². The second kappa shape index (κ2) is 7.68. The quantitative estimate of drug-likeness (QED) is 0.853. The van der Waals surface area contributed by atoms with Gasteiger partial charge in [0.2, 0.25) is 0 Å². The molecule has 1 N–H and O–H groups in total. The Morgan fingerprint density at radius 1 is 1.26 bits per heavy atom. The largest absolute Gasteiger partial charge is 0.367 e. The third-order valence-electron chi connectivity index (χ3n) is 4.93. The molecule has 6 nitrogen and oxygen atoms in total. The molecule has 2 aromatic rings. The van der Waals surface area contributed by atoms with Gasteiger partial charge in [0.15, 0.2) is 9.84 Å². The van der Waals surface area contributed by atoms with Gasteiger partial charge in [-0.3, -0.25) is 4.79 Å². The zero-order valence-corrected chi connectivity index (χ0v) is 16.7. The molecule has 0 saturated carbocycles. The summed E-state index contributed by atoms with van der Waals surface area (Å²) in [6, 6.07) is 9.33. The first-order valence-corrected chi connectivity index (χ1v) is 10.9. The molecule has 3 rings (SSSR count). The Hall–Kier alpha value is -2.41. The van der Waals surface area contributed by atoms with E-state index < -0.39 is 9.84 Å².